The lowest BCUT2D eigenvalue weighted by molar-refractivity contribution is 0.343. The maximum Gasteiger partial charge on any atom is 0.123 e. The molecule has 0 atom stereocenters. The van der Waals surface area contributed by atoms with E-state index in [-0.39, 0.29) is 6.61 Å². The van der Waals surface area contributed by atoms with Crippen molar-refractivity contribution in [2.45, 2.75) is 0 Å². The smallest absolute Gasteiger partial charge is 0.123 e. The van der Waals surface area contributed by atoms with Gasteiger partial charge in [-0.1, -0.05) is 24.3 Å². The highest BCUT2D eigenvalue weighted by atomic mass is 16.2. The lowest BCUT2D eigenvalue weighted by atomic mass is 10.2. The highest BCUT2D eigenvalue weighted by molar-refractivity contribution is 5.51. The van der Waals surface area contributed by atoms with Gasteiger partial charge in [-0.25, -0.2) is 0 Å². The van der Waals surface area contributed by atoms with E-state index in [0.29, 0.717) is 0 Å². The van der Waals surface area contributed by atoms with Crippen molar-refractivity contribution in [3.05, 3.63) is 48.6 Å². The number of nitrogens with zero attached hydrogens (tertiary/aromatic N) is 3. The van der Waals surface area contributed by atoms with E-state index in [4.69, 9.17) is 5.11 Å². The fraction of sp³-hybridized carbons (Fsp3) is 0.0909. The number of aliphatic hydroxyl groups is 1. The zero-order chi connectivity index (χ0) is 10.5. The molecule has 1 aromatic heterocycles. The summed E-state index contributed by atoms with van der Waals surface area (Å²) in [5, 5.41) is 16.1. The van der Waals surface area contributed by atoms with Crippen molar-refractivity contribution >= 4 is 6.08 Å². The zero-order valence-electron chi connectivity index (χ0n) is 8.11. The van der Waals surface area contributed by atoms with Gasteiger partial charge < -0.3 is 5.11 Å². The lowest BCUT2D eigenvalue weighted by Gasteiger charge is -2.00. The molecule has 0 saturated carbocycles. The molecule has 4 nitrogen and oxygen atoms in total. The first-order valence-electron chi connectivity index (χ1n) is 4.62. The number of hydrogen-bond donors (Lipinski definition) is 1. The van der Waals surface area contributed by atoms with Crippen LogP contribution in [0.3, 0.4) is 0 Å². The standard InChI is InChI=1S/C11H11N3O/c15-7-1-2-10-3-5-11(6-4-10)14-8-12-13-9-14/h1-6,8-9,15H,7H2. The van der Waals surface area contributed by atoms with Gasteiger partial charge in [-0.15, -0.1) is 10.2 Å². The number of benzene rings is 1. The van der Waals surface area contributed by atoms with Gasteiger partial charge in [-0.05, 0) is 17.7 Å². The second-order valence-corrected chi connectivity index (χ2v) is 3.05. The summed E-state index contributed by atoms with van der Waals surface area (Å²) in [6, 6.07) is 7.89. The maximum absolute atomic E-state index is 8.62. The number of aromatic nitrogens is 3. The fourth-order valence-electron chi connectivity index (χ4n) is 1.28. The van der Waals surface area contributed by atoms with Crippen molar-refractivity contribution < 1.29 is 5.11 Å². The Morgan fingerprint density at radius 1 is 1.13 bits per heavy atom. The summed E-state index contributed by atoms with van der Waals surface area (Å²) in [7, 11) is 0. The largest absolute Gasteiger partial charge is 0.392 e. The Bertz CT molecular complexity index is 431. The Balaban J connectivity index is 2.21. The molecular formula is C11H11N3O. The number of rotatable bonds is 3. The number of hydrogen-bond acceptors (Lipinski definition) is 3. The van der Waals surface area contributed by atoms with Crippen molar-refractivity contribution in [3.63, 3.8) is 0 Å². The monoisotopic (exact) mass is 201 g/mol. The van der Waals surface area contributed by atoms with E-state index in [1.54, 1.807) is 18.7 Å². The summed E-state index contributed by atoms with van der Waals surface area (Å²) in [6.45, 7) is 0.0627. The molecule has 0 spiro atoms. The van der Waals surface area contributed by atoms with E-state index in [2.05, 4.69) is 10.2 Å². The zero-order valence-corrected chi connectivity index (χ0v) is 8.11. The molecule has 0 radical (unpaired) electrons. The molecular weight excluding hydrogens is 190 g/mol. The molecule has 0 unspecified atom stereocenters. The summed E-state index contributed by atoms with van der Waals surface area (Å²) in [4.78, 5) is 0. The molecule has 0 amide bonds. The fourth-order valence-corrected chi connectivity index (χ4v) is 1.28. The van der Waals surface area contributed by atoms with Gasteiger partial charge in [0.2, 0.25) is 0 Å². The van der Waals surface area contributed by atoms with Crippen molar-refractivity contribution in [2.75, 3.05) is 6.61 Å². The van der Waals surface area contributed by atoms with Crippen LogP contribution in [0.2, 0.25) is 0 Å². The normalized spacial score (nSPS) is 11.0. The summed E-state index contributed by atoms with van der Waals surface area (Å²) in [5.74, 6) is 0. The third-order valence-electron chi connectivity index (χ3n) is 2.03. The van der Waals surface area contributed by atoms with Crippen LogP contribution in [-0.2, 0) is 0 Å². The SMILES string of the molecule is OCC=Cc1ccc(-n2cnnc2)cc1. The van der Waals surface area contributed by atoms with Crippen molar-refractivity contribution in [1.29, 1.82) is 0 Å². The van der Waals surface area contributed by atoms with Crippen LogP contribution in [0.15, 0.2) is 43.0 Å². The highest BCUT2D eigenvalue weighted by Gasteiger charge is 1.94. The van der Waals surface area contributed by atoms with Gasteiger partial charge in [0.05, 0.1) is 6.61 Å². The van der Waals surface area contributed by atoms with Crippen LogP contribution in [-0.4, -0.2) is 26.5 Å². The van der Waals surface area contributed by atoms with E-state index in [1.165, 1.54) is 0 Å². The molecule has 0 fully saturated rings. The van der Waals surface area contributed by atoms with Crippen LogP contribution in [0.25, 0.3) is 11.8 Å². The van der Waals surface area contributed by atoms with Gasteiger partial charge in [-0.2, -0.15) is 0 Å². The van der Waals surface area contributed by atoms with Gasteiger partial charge >= 0.3 is 0 Å². The molecule has 1 aromatic carbocycles. The van der Waals surface area contributed by atoms with E-state index >= 15 is 0 Å². The lowest BCUT2D eigenvalue weighted by Crippen LogP contribution is -1.89. The minimum Gasteiger partial charge on any atom is -0.392 e. The molecule has 2 aromatic rings. The predicted octanol–water partition coefficient (Wildman–Crippen LogP) is 1.27. The minimum absolute atomic E-state index is 0.0627. The molecule has 1 N–H and O–H groups in total. The van der Waals surface area contributed by atoms with Crippen molar-refractivity contribution in [3.8, 4) is 5.69 Å². The van der Waals surface area contributed by atoms with Gasteiger partial charge in [0.15, 0.2) is 0 Å². The van der Waals surface area contributed by atoms with Gasteiger partial charge in [0, 0.05) is 5.69 Å². The van der Waals surface area contributed by atoms with Crippen molar-refractivity contribution in [1.82, 2.24) is 14.8 Å². The molecule has 2 rings (SSSR count). The molecule has 0 saturated heterocycles. The van der Waals surface area contributed by atoms with Gasteiger partial charge in [-0.3, -0.25) is 4.57 Å². The first-order valence-corrected chi connectivity index (χ1v) is 4.62. The quantitative estimate of drug-likeness (QED) is 0.813. The van der Waals surface area contributed by atoms with E-state index in [9.17, 15) is 0 Å². The molecule has 15 heavy (non-hydrogen) atoms. The van der Waals surface area contributed by atoms with Gasteiger partial charge in [0.1, 0.15) is 12.7 Å². The van der Waals surface area contributed by atoms with Crippen LogP contribution in [0.4, 0.5) is 0 Å². The van der Waals surface area contributed by atoms with Crippen LogP contribution in [0, 0.1) is 0 Å². The van der Waals surface area contributed by atoms with Crippen LogP contribution in [0.1, 0.15) is 5.56 Å². The predicted molar refractivity (Wildman–Crippen MR) is 57.5 cm³/mol. The Hall–Kier alpha value is -1.94. The molecule has 0 aliphatic rings. The summed E-state index contributed by atoms with van der Waals surface area (Å²) < 4.78 is 1.83. The summed E-state index contributed by atoms with van der Waals surface area (Å²) in [6.07, 6.45) is 6.88. The van der Waals surface area contributed by atoms with Crippen molar-refractivity contribution in [2.24, 2.45) is 0 Å². The number of aliphatic hydroxyl groups excluding tert-OH is 1. The Kier molecular flexibility index (Phi) is 2.90. The highest BCUT2D eigenvalue weighted by Crippen LogP contribution is 2.09. The average Bonchev–Trinajstić information content (AvgIpc) is 2.80. The average molecular weight is 201 g/mol. The van der Waals surface area contributed by atoms with Crippen LogP contribution in [0.5, 0.6) is 0 Å². The minimum atomic E-state index is 0.0627. The molecule has 4 heteroatoms. The maximum atomic E-state index is 8.62. The molecule has 0 bridgehead atoms. The second-order valence-electron chi connectivity index (χ2n) is 3.05. The van der Waals surface area contributed by atoms with Gasteiger partial charge in [0.25, 0.3) is 0 Å². The van der Waals surface area contributed by atoms with E-state index in [1.807, 2.05) is 34.9 Å². The molecule has 0 aliphatic heterocycles. The molecule has 1 heterocycles. The van der Waals surface area contributed by atoms with E-state index < -0.39 is 0 Å². The second kappa shape index (κ2) is 4.52. The topological polar surface area (TPSA) is 50.9 Å². The molecule has 76 valence electrons. The third kappa shape index (κ3) is 2.30. The van der Waals surface area contributed by atoms with Crippen LogP contribution < -0.4 is 0 Å². The van der Waals surface area contributed by atoms with E-state index in [0.717, 1.165) is 11.3 Å². The van der Waals surface area contributed by atoms with Crippen LogP contribution >= 0.6 is 0 Å². The third-order valence-corrected chi connectivity index (χ3v) is 2.03. The Morgan fingerprint density at radius 2 is 1.80 bits per heavy atom. The summed E-state index contributed by atoms with van der Waals surface area (Å²) in [5.41, 5.74) is 2.07. The first-order chi connectivity index (χ1) is 7.40. The Morgan fingerprint density at radius 3 is 2.40 bits per heavy atom. The Labute approximate surface area is 87.5 Å². The molecule has 0 aliphatic carbocycles. The summed E-state index contributed by atoms with van der Waals surface area (Å²) >= 11 is 0. The first kappa shape index (κ1) is 9.61.